The molecule has 0 bridgehead atoms. The van der Waals surface area contributed by atoms with Gasteiger partial charge in [0.1, 0.15) is 0 Å². The molecule has 0 aromatic heterocycles. The summed E-state index contributed by atoms with van der Waals surface area (Å²) < 4.78 is 0. The molecule has 56 valence electrons. The Labute approximate surface area is 232 Å². The Bertz CT molecular complexity index is 18.9. The molecule has 0 amide bonds. The van der Waals surface area contributed by atoms with Crippen LogP contribution in [0.25, 0.3) is 0 Å². The molecule has 0 aliphatic heterocycles. The van der Waals surface area contributed by atoms with Gasteiger partial charge in [0.25, 0.3) is 0 Å². The predicted molar refractivity (Wildman–Crippen MR) is 74.8 cm³/mol. The monoisotopic (exact) mass is 953 g/mol. The van der Waals surface area contributed by atoms with Crippen LogP contribution in [-0.4, -0.2) is 238 Å². The summed E-state index contributed by atoms with van der Waals surface area (Å²) in [6.07, 6.45) is 0. The summed E-state index contributed by atoms with van der Waals surface area (Å²) >= 11 is 0. The summed E-state index contributed by atoms with van der Waals surface area (Å²) in [5.41, 5.74) is 0. The molecule has 0 aliphatic carbocycles. The van der Waals surface area contributed by atoms with Crippen LogP contribution in [0.1, 0.15) is 0 Å². The van der Waals surface area contributed by atoms with Crippen molar-refractivity contribution in [3.05, 3.63) is 0 Å². The zero-order chi connectivity index (χ0) is 0. The van der Waals surface area contributed by atoms with Crippen molar-refractivity contribution in [3.63, 3.8) is 0 Å². The summed E-state index contributed by atoms with van der Waals surface area (Å²) in [5.74, 6) is 0. The van der Waals surface area contributed by atoms with Gasteiger partial charge in [-0.1, -0.05) is 0 Å². The van der Waals surface area contributed by atoms with E-state index in [1.165, 1.54) is 0 Å². The van der Waals surface area contributed by atoms with Crippen molar-refractivity contribution in [1.29, 1.82) is 0 Å². The van der Waals surface area contributed by atoms with E-state index in [9.17, 15) is 0 Å². The van der Waals surface area contributed by atoms with E-state index in [2.05, 4.69) is 0 Å². The molecule has 0 unspecified atom stereocenters. The molecule has 0 aliphatic rings. The van der Waals surface area contributed by atoms with Crippen LogP contribution in [0.15, 0.2) is 0 Å². The summed E-state index contributed by atoms with van der Waals surface area (Å²) in [5, 5.41) is 0. The second-order valence-electron chi connectivity index (χ2n) is 0. The fourth-order valence-electron chi connectivity index (χ4n) is 0. The van der Waals surface area contributed by atoms with E-state index in [4.69, 9.17) is 0 Å². The normalized spacial score (nSPS) is 0. The van der Waals surface area contributed by atoms with Crippen LogP contribution in [0.5, 0.6) is 0 Å². The Kier molecular flexibility index (Phi) is 1280. The summed E-state index contributed by atoms with van der Waals surface area (Å²) in [6, 6.07) is 0. The summed E-state index contributed by atoms with van der Waals surface area (Å²) in [4.78, 5) is 0. The first-order valence-electron chi connectivity index (χ1n) is 0. The number of hydrogen-bond acceptors (Lipinski definition) is 0. The van der Waals surface area contributed by atoms with Gasteiger partial charge in [-0.3, -0.25) is 0 Å². The average Bonchev–Trinajstić information content (AvgIpc) is 0. The maximum atomic E-state index is 0. The van der Waals surface area contributed by atoms with Gasteiger partial charge < -0.3 is 126 Å². The molecule has 0 aromatic carbocycles. The molecule has 0 heterocycles. The van der Waals surface area contributed by atoms with E-state index in [0.29, 0.717) is 0 Å². The third kappa shape index (κ3) is 107. The molecule has 13 heavy (non-hydrogen) atoms. The van der Waals surface area contributed by atoms with Crippen LogP contribution in [0.4, 0.5) is 0 Å². The van der Waals surface area contributed by atoms with E-state index >= 15 is 0 Å². The molecular weight excluding hydrogens is 951 g/mol. The van der Waals surface area contributed by atoms with Crippen molar-refractivity contribution in [2.75, 3.05) is 0 Å². The Morgan fingerprint density at radius 2 is 0.231 bits per heavy atom. The molecule has 0 radical (unpaired) electrons. The van der Waals surface area contributed by atoms with Crippen molar-refractivity contribution in [3.8, 4) is 0 Å². The predicted octanol–water partition coefficient (Wildman–Crippen LogP) is -4.95. The van der Waals surface area contributed by atoms with Gasteiger partial charge in [-0.25, -0.2) is 0 Å². The van der Waals surface area contributed by atoms with E-state index in [0.717, 1.165) is 0 Å². The molecule has 0 saturated carbocycles. The molecule has 0 saturated heterocycles. The van der Waals surface area contributed by atoms with Crippen LogP contribution in [0, 0.1) is 0 Å². The Morgan fingerprint density at radius 1 is 0.231 bits per heavy atom. The minimum absolute atomic E-state index is 0. The molecule has 0 fully saturated rings. The van der Waals surface area contributed by atoms with Crippen molar-refractivity contribution < 1.29 is 0 Å². The Hall–Kier alpha value is 7.45. The van der Waals surface area contributed by atoms with Crippen LogP contribution in [-0.2, 0) is 0 Å². The molecule has 0 rings (SSSR count). The van der Waals surface area contributed by atoms with Gasteiger partial charge in [-0.2, -0.15) is 0 Å². The summed E-state index contributed by atoms with van der Waals surface area (Å²) in [7, 11) is 0. The van der Waals surface area contributed by atoms with Gasteiger partial charge in [0, 0.05) is 0 Å². The fraction of sp³-hybridized carbons (Fsp3) is 0. The van der Waals surface area contributed by atoms with Gasteiger partial charge in [0.15, 0.2) is 0 Å². The molecule has 0 nitrogen and oxygen atoms in total. The topological polar surface area (TPSA) is 0 Å². The molecule has 0 atom stereocenters. The van der Waals surface area contributed by atoms with Gasteiger partial charge >= 0.3 is 112 Å². The fourth-order valence-corrected chi connectivity index (χ4v) is 0. The molecule has 13 heteroatoms. The van der Waals surface area contributed by atoms with Crippen LogP contribution >= 0.6 is 0 Å². The largest absolute Gasteiger partial charge is 4.00 e. The van der Waals surface area contributed by atoms with Crippen molar-refractivity contribution >= 4 is 238 Å². The zero-order valence-electron chi connectivity index (χ0n) is 6.36. The minimum atomic E-state index is 0. The molecule has 0 spiro atoms. The quantitative estimate of drug-likeness (QED) is 0.214. The molecule has 0 aromatic rings. The molecule has 0 N–H and O–H groups in total. The first-order valence-corrected chi connectivity index (χ1v) is 0. The smallest absolute Gasteiger partial charge is 3.00 e. The third-order valence-corrected chi connectivity index (χ3v) is 0. The number of rotatable bonds is 0. The van der Waals surface area contributed by atoms with E-state index in [-0.39, 0.29) is 238 Å². The van der Waals surface area contributed by atoms with E-state index in [1.54, 1.807) is 0 Å². The maximum absolute atomic E-state index is 0. The Morgan fingerprint density at radius 3 is 0.231 bits per heavy atom. The molecular formula is As7Ga3Ge3. The van der Waals surface area contributed by atoms with Gasteiger partial charge in [-0.15, -0.1) is 0 Å². The zero-order valence-corrected chi connectivity index (χ0v) is 33.1. The van der Waals surface area contributed by atoms with Crippen molar-refractivity contribution in [2.45, 2.75) is 0 Å². The van der Waals surface area contributed by atoms with Gasteiger partial charge in [0.05, 0.1) is 0 Å². The van der Waals surface area contributed by atoms with Crippen LogP contribution in [0.3, 0.4) is 0 Å². The third-order valence-electron chi connectivity index (χ3n) is 0. The first kappa shape index (κ1) is 139. The number of hydrogen-bond donors (Lipinski definition) is 0. The minimum Gasteiger partial charge on any atom is -3.00 e. The van der Waals surface area contributed by atoms with E-state index < -0.39 is 0 Å². The average molecular weight is 951 g/mol. The van der Waals surface area contributed by atoms with Crippen molar-refractivity contribution in [1.82, 2.24) is 0 Å². The first-order chi connectivity index (χ1) is 0. The van der Waals surface area contributed by atoms with Crippen LogP contribution in [0.2, 0.25) is 0 Å². The van der Waals surface area contributed by atoms with Crippen molar-refractivity contribution in [2.24, 2.45) is 0 Å². The van der Waals surface area contributed by atoms with Gasteiger partial charge in [-0.05, 0) is 0 Å². The Balaban J connectivity index is 0. The van der Waals surface area contributed by atoms with Crippen LogP contribution < -0.4 is 0 Å². The standard InChI is InChI=1S/7As.3Ga.3Ge/q7*-3;3*+3;3*+4. The maximum Gasteiger partial charge on any atom is 4.00 e. The van der Waals surface area contributed by atoms with Gasteiger partial charge in [0.2, 0.25) is 0 Å². The second kappa shape index (κ2) is 119. The second-order valence-corrected chi connectivity index (χ2v) is 0. The SMILES string of the molecule is [As-3].[As-3].[As-3].[As-3].[As-3].[As-3].[As-3].[Ga+3].[Ga+3].[Ga+3].[Ge+4].[Ge+4].[Ge+4]. The summed E-state index contributed by atoms with van der Waals surface area (Å²) in [6.45, 7) is 0. The van der Waals surface area contributed by atoms with E-state index in [1.807, 2.05) is 0 Å².